The maximum atomic E-state index is 10.6. The highest BCUT2D eigenvalue weighted by molar-refractivity contribution is 8.01. The zero-order valence-corrected chi connectivity index (χ0v) is 14.9. The van der Waals surface area contributed by atoms with Gasteiger partial charge in [0.15, 0.2) is 0 Å². The smallest absolute Gasteiger partial charge is 0.475 e. The summed E-state index contributed by atoms with van der Waals surface area (Å²) >= 11 is 3.88. The topological polar surface area (TPSA) is 62.7 Å². The molecule has 5 nitrogen and oxygen atoms in total. The number of aromatic nitrogens is 1. The molecule has 136 valence electrons. The van der Waals surface area contributed by atoms with E-state index in [0.29, 0.717) is 10.9 Å². The minimum absolute atomic E-state index is 0.476. The number of thioether (sulfide) groups is 1. The zero-order chi connectivity index (χ0) is 18.0. The Morgan fingerprint density at radius 3 is 2.58 bits per heavy atom. The predicted octanol–water partition coefficient (Wildman–Crippen LogP) is 2.79. The summed E-state index contributed by atoms with van der Waals surface area (Å²) in [5.74, 6) is -1.59. The number of hydrogen-bond acceptors (Lipinski definition) is 6. The molecule has 2 aliphatic rings. The van der Waals surface area contributed by atoms with Crippen molar-refractivity contribution in [1.29, 1.82) is 0 Å². The van der Waals surface area contributed by atoms with Crippen molar-refractivity contribution in [2.75, 3.05) is 26.0 Å². The third kappa shape index (κ3) is 5.08. The van der Waals surface area contributed by atoms with Crippen LogP contribution >= 0.6 is 23.1 Å². The molecule has 2 saturated heterocycles. The van der Waals surface area contributed by atoms with Crippen molar-refractivity contribution < 1.29 is 27.8 Å². The van der Waals surface area contributed by atoms with E-state index in [9.17, 15) is 13.2 Å². The number of carbonyl (C=O) groups is 1. The van der Waals surface area contributed by atoms with Gasteiger partial charge >= 0.3 is 12.1 Å². The van der Waals surface area contributed by atoms with E-state index in [2.05, 4.69) is 33.9 Å². The van der Waals surface area contributed by atoms with Gasteiger partial charge in [0.1, 0.15) is 5.01 Å². The first-order valence-corrected chi connectivity index (χ1v) is 9.10. The predicted molar refractivity (Wildman–Crippen MR) is 86.4 cm³/mol. The van der Waals surface area contributed by atoms with Crippen molar-refractivity contribution in [3.63, 3.8) is 0 Å². The molecule has 1 aromatic heterocycles. The Hall–Kier alpha value is -0.840. The Labute approximate surface area is 146 Å². The molecule has 1 N–H and O–H groups in total. The van der Waals surface area contributed by atoms with Gasteiger partial charge in [-0.1, -0.05) is 0 Å². The molecule has 2 aliphatic heterocycles. The molecule has 1 aromatic rings. The molecule has 0 amide bonds. The van der Waals surface area contributed by atoms with Gasteiger partial charge in [-0.3, -0.25) is 4.90 Å². The Balaban J connectivity index is 0.000000256. The Kier molecular flexibility index (Phi) is 6.16. The van der Waals surface area contributed by atoms with Gasteiger partial charge < -0.3 is 9.84 Å². The lowest BCUT2D eigenvalue weighted by Crippen LogP contribution is -2.58. The summed E-state index contributed by atoms with van der Waals surface area (Å²) < 4.78 is 37.7. The first-order chi connectivity index (χ1) is 11.1. The number of hydrogen-bond donors (Lipinski definition) is 1. The zero-order valence-electron chi connectivity index (χ0n) is 13.3. The number of alkyl halides is 3. The quantitative estimate of drug-likeness (QED) is 0.865. The largest absolute Gasteiger partial charge is 0.490 e. The van der Waals surface area contributed by atoms with Crippen LogP contribution in [0.4, 0.5) is 13.2 Å². The van der Waals surface area contributed by atoms with Crippen LogP contribution in [0.25, 0.3) is 0 Å². The van der Waals surface area contributed by atoms with E-state index < -0.39 is 12.1 Å². The van der Waals surface area contributed by atoms with Crippen LogP contribution in [0, 0.1) is 6.92 Å². The second-order valence-corrected chi connectivity index (χ2v) is 8.32. The number of nitrogens with zero attached hydrogens (tertiary/aromatic N) is 2. The highest BCUT2D eigenvalue weighted by Crippen LogP contribution is 2.46. The van der Waals surface area contributed by atoms with E-state index in [0.717, 1.165) is 12.2 Å². The number of aliphatic carboxylic acids is 1. The van der Waals surface area contributed by atoms with Crippen LogP contribution in [0.15, 0.2) is 5.38 Å². The lowest BCUT2D eigenvalue weighted by molar-refractivity contribution is -0.192. The normalized spacial score (nSPS) is 22.8. The second kappa shape index (κ2) is 7.59. The summed E-state index contributed by atoms with van der Waals surface area (Å²) in [5, 5.41) is 10.5. The second-order valence-electron chi connectivity index (χ2n) is 5.89. The molecule has 0 aliphatic carbocycles. The molecule has 0 bridgehead atoms. The van der Waals surface area contributed by atoms with E-state index in [1.165, 1.54) is 30.3 Å². The van der Waals surface area contributed by atoms with Gasteiger partial charge in [-0.2, -0.15) is 13.2 Å². The summed E-state index contributed by atoms with van der Waals surface area (Å²) in [6.45, 7) is 5.50. The number of likely N-dealkylation sites (tertiary alicyclic amines) is 1. The average molecular weight is 384 g/mol. The van der Waals surface area contributed by atoms with Gasteiger partial charge in [0.25, 0.3) is 0 Å². The lowest BCUT2D eigenvalue weighted by atomic mass is 9.93. The number of carboxylic acids is 1. The number of halogens is 3. The van der Waals surface area contributed by atoms with Crippen LogP contribution in [-0.4, -0.2) is 63.9 Å². The minimum Gasteiger partial charge on any atom is -0.475 e. The molecule has 2 fully saturated rings. The van der Waals surface area contributed by atoms with Gasteiger partial charge in [-0.25, -0.2) is 9.78 Å². The third-order valence-corrected chi connectivity index (χ3v) is 6.33. The number of carboxylic acid groups (broad SMARTS) is 1. The summed E-state index contributed by atoms with van der Waals surface area (Å²) in [5.41, 5.74) is 1.15. The molecule has 1 atom stereocenters. The van der Waals surface area contributed by atoms with Crippen molar-refractivity contribution >= 4 is 29.1 Å². The summed E-state index contributed by atoms with van der Waals surface area (Å²) in [6.07, 6.45) is -3.38. The van der Waals surface area contributed by atoms with Crippen molar-refractivity contribution in [2.45, 2.75) is 36.9 Å². The number of ether oxygens (including phenoxy) is 1. The summed E-state index contributed by atoms with van der Waals surface area (Å²) in [4.78, 5) is 15.9. The molecule has 0 aromatic carbocycles. The third-order valence-electron chi connectivity index (χ3n) is 3.80. The fraction of sp³-hybridized carbons (Fsp3) is 0.714. The van der Waals surface area contributed by atoms with Crippen LogP contribution in [0.5, 0.6) is 0 Å². The maximum absolute atomic E-state index is 10.6. The summed E-state index contributed by atoms with van der Waals surface area (Å²) in [7, 11) is 1.83. The molecule has 1 unspecified atom stereocenters. The van der Waals surface area contributed by atoms with Gasteiger partial charge in [0.05, 0.1) is 12.6 Å². The minimum atomic E-state index is -5.08. The molecular weight excluding hydrogens is 365 g/mol. The number of thiazole rings is 1. The van der Waals surface area contributed by atoms with Crippen LogP contribution in [0.3, 0.4) is 0 Å². The van der Waals surface area contributed by atoms with Gasteiger partial charge in [-0.05, 0) is 13.3 Å². The number of rotatable bonds is 3. The molecule has 24 heavy (non-hydrogen) atoms. The molecule has 0 radical (unpaired) electrons. The van der Waals surface area contributed by atoms with Crippen molar-refractivity contribution in [1.82, 2.24) is 9.88 Å². The molecule has 0 saturated carbocycles. The first-order valence-electron chi connectivity index (χ1n) is 7.24. The van der Waals surface area contributed by atoms with E-state index in [1.54, 1.807) is 11.3 Å². The first kappa shape index (κ1) is 19.5. The van der Waals surface area contributed by atoms with Crippen LogP contribution < -0.4 is 0 Å². The van der Waals surface area contributed by atoms with Gasteiger partial charge in [-0.15, -0.1) is 23.1 Å². The van der Waals surface area contributed by atoms with Crippen LogP contribution in [0.1, 0.15) is 17.1 Å². The Morgan fingerprint density at radius 1 is 1.54 bits per heavy atom. The van der Waals surface area contributed by atoms with Crippen molar-refractivity contribution in [3.05, 3.63) is 16.1 Å². The van der Waals surface area contributed by atoms with Crippen molar-refractivity contribution in [2.24, 2.45) is 0 Å². The fourth-order valence-corrected chi connectivity index (χ4v) is 5.18. The fourth-order valence-electron chi connectivity index (χ4n) is 2.72. The lowest BCUT2D eigenvalue weighted by Gasteiger charge is -2.47. The highest BCUT2D eigenvalue weighted by atomic mass is 32.2. The Bertz CT molecular complexity index is 574. The average Bonchev–Trinajstić information content (AvgIpc) is 3.05. The molecule has 3 rings (SSSR count). The monoisotopic (exact) mass is 384 g/mol. The standard InChI is InChI=1S/C12H18N2OS2.C2HF3O2/c1-9-5-16-11(13-9)4-14-7-12(8-14)3-10(15-2)6-17-12;3-2(4,5)1(6)7/h5,10H,3-4,6-8H2,1-2H3;(H,6,7). The van der Waals surface area contributed by atoms with Gasteiger partial charge in [0, 0.05) is 41.8 Å². The Morgan fingerprint density at radius 2 is 2.17 bits per heavy atom. The van der Waals surface area contributed by atoms with E-state index in [-0.39, 0.29) is 0 Å². The number of methoxy groups -OCH3 is 1. The molecule has 1 spiro atoms. The van der Waals surface area contributed by atoms with E-state index in [1.807, 2.05) is 7.11 Å². The highest BCUT2D eigenvalue weighted by Gasteiger charge is 2.49. The van der Waals surface area contributed by atoms with E-state index >= 15 is 0 Å². The van der Waals surface area contributed by atoms with Crippen LogP contribution in [0.2, 0.25) is 0 Å². The molecule has 3 heterocycles. The SMILES string of the molecule is COC1CSC2(C1)CN(Cc1nc(C)cs1)C2.O=C(O)C(F)(F)F. The van der Waals surface area contributed by atoms with E-state index in [4.69, 9.17) is 14.6 Å². The van der Waals surface area contributed by atoms with Crippen LogP contribution in [-0.2, 0) is 16.1 Å². The number of aryl methyl sites for hydroxylation is 1. The molecule has 10 heteroatoms. The van der Waals surface area contributed by atoms with Gasteiger partial charge in [0.2, 0.25) is 0 Å². The molecular formula is C14H19F3N2O3S2. The van der Waals surface area contributed by atoms with Crippen molar-refractivity contribution in [3.8, 4) is 0 Å². The summed E-state index contributed by atoms with van der Waals surface area (Å²) in [6, 6.07) is 0. The maximum Gasteiger partial charge on any atom is 0.490 e.